The van der Waals surface area contributed by atoms with Gasteiger partial charge in [-0.1, -0.05) is 11.6 Å². The largest absolute Gasteiger partial charge is 0.389 e. The van der Waals surface area contributed by atoms with Crippen LogP contribution in [-0.2, 0) is 0 Å². The van der Waals surface area contributed by atoms with Crippen LogP contribution in [0.1, 0.15) is 19.3 Å². The van der Waals surface area contributed by atoms with Crippen LogP contribution in [-0.4, -0.2) is 22.7 Å². The molecule has 1 heterocycles. The van der Waals surface area contributed by atoms with Crippen LogP contribution in [0.4, 0.5) is 19.0 Å². The summed E-state index contributed by atoms with van der Waals surface area (Å²) < 4.78 is 35.5. The zero-order valence-corrected chi connectivity index (χ0v) is 10.2. The monoisotopic (exact) mass is 287 g/mol. The Balaban J connectivity index is 2.29. The molecule has 0 saturated carbocycles. The number of hydrogen-bond donors (Lipinski definition) is 1. The van der Waals surface area contributed by atoms with Gasteiger partial charge >= 0.3 is 6.18 Å². The molecule has 1 N–H and O–H groups in total. The first kappa shape index (κ1) is 14.3. The lowest BCUT2D eigenvalue weighted by atomic mass is 10.2. The number of aromatic nitrogens is 2. The highest BCUT2D eigenvalue weighted by molar-refractivity contribution is 6.33. The number of halogens is 5. The van der Waals surface area contributed by atoms with Gasteiger partial charge in [-0.25, -0.2) is 4.98 Å². The fraction of sp³-hybridized carbons (Fsp3) is 0.556. The summed E-state index contributed by atoms with van der Waals surface area (Å²) in [6.45, 7) is 0.350. The van der Waals surface area contributed by atoms with E-state index in [0.29, 0.717) is 18.8 Å². The van der Waals surface area contributed by atoms with E-state index in [9.17, 15) is 13.2 Å². The fourth-order valence-corrected chi connectivity index (χ4v) is 1.42. The molecule has 8 heteroatoms. The van der Waals surface area contributed by atoms with Crippen LogP contribution in [0.2, 0.25) is 10.3 Å². The highest BCUT2D eigenvalue weighted by atomic mass is 35.5. The van der Waals surface area contributed by atoms with Crippen LogP contribution < -0.4 is 5.32 Å². The lowest BCUT2D eigenvalue weighted by molar-refractivity contribution is -0.135. The summed E-state index contributed by atoms with van der Waals surface area (Å²) in [4.78, 5) is 7.46. The molecule has 0 aliphatic rings. The SMILES string of the molecule is FC(F)(F)CCCCNc1nc(Cl)ncc1Cl. The summed E-state index contributed by atoms with van der Waals surface area (Å²) >= 11 is 11.3. The van der Waals surface area contributed by atoms with Gasteiger partial charge in [-0.05, 0) is 24.4 Å². The maximum absolute atomic E-state index is 11.8. The number of rotatable bonds is 5. The average molecular weight is 288 g/mol. The van der Waals surface area contributed by atoms with Gasteiger partial charge < -0.3 is 5.32 Å². The molecular formula is C9H10Cl2F3N3. The van der Waals surface area contributed by atoms with Gasteiger partial charge in [0.25, 0.3) is 0 Å². The van der Waals surface area contributed by atoms with E-state index >= 15 is 0 Å². The Morgan fingerprint density at radius 3 is 2.59 bits per heavy atom. The normalized spacial score (nSPS) is 11.6. The van der Waals surface area contributed by atoms with Crippen molar-refractivity contribution in [3.8, 4) is 0 Å². The van der Waals surface area contributed by atoms with E-state index in [2.05, 4.69) is 15.3 Å². The van der Waals surface area contributed by atoms with Crippen LogP contribution in [0.15, 0.2) is 6.20 Å². The Morgan fingerprint density at radius 2 is 1.94 bits per heavy atom. The van der Waals surface area contributed by atoms with Crippen molar-refractivity contribution >= 4 is 29.0 Å². The molecule has 0 unspecified atom stereocenters. The van der Waals surface area contributed by atoms with Gasteiger partial charge in [0.1, 0.15) is 10.8 Å². The summed E-state index contributed by atoms with van der Waals surface area (Å²) in [5.41, 5.74) is 0. The molecule has 0 aromatic carbocycles. The molecule has 3 nitrogen and oxygen atoms in total. The maximum Gasteiger partial charge on any atom is 0.389 e. The minimum atomic E-state index is -4.10. The number of nitrogens with zero attached hydrogens (tertiary/aromatic N) is 2. The molecule has 0 bridgehead atoms. The minimum Gasteiger partial charge on any atom is -0.369 e. The molecule has 0 aliphatic carbocycles. The Bertz CT molecular complexity index is 371. The molecule has 1 aromatic rings. The summed E-state index contributed by atoms with van der Waals surface area (Å²) in [6.07, 6.45) is -3.12. The standard InChI is InChI=1S/C9H10Cl2F3N3/c10-6-5-16-8(11)17-7(6)15-4-2-1-3-9(12,13)14/h5H,1-4H2,(H,15,16,17). The molecule has 0 saturated heterocycles. The van der Waals surface area contributed by atoms with Crippen LogP contribution in [0, 0.1) is 0 Å². The predicted molar refractivity (Wildman–Crippen MR) is 60.4 cm³/mol. The Morgan fingerprint density at radius 1 is 1.24 bits per heavy atom. The quantitative estimate of drug-likeness (QED) is 0.659. The number of hydrogen-bond acceptors (Lipinski definition) is 3. The van der Waals surface area contributed by atoms with Gasteiger partial charge in [0.05, 0.1) is 6.20 Å². The molecular weight excluding hydrogens is 278 g/mol. The molecule has 17 heavy (non-hydrogen) atoms. The lowest BCUT2D eigenvalue weighted by Gasteiger charge is -2.08. The second-order valence-electron chi connectivity index (χ2n) is 3.33. The maximum atomic E-state index is 11.8. The molecule has 0 aliphatic heterocycles. The Kier molecular flexibility index (Phi) is 5.27. The molecule has 0 amide bonds. The van der Waals surface area contributed by atoms with E-state index < -0.39 is 12.6 Å². The third-order valence-corrected chi connectivity index (χ3v) is 2.35. The van der Waals surface area contributed by atoms with E-state index in [-0.39, 0.29) is 16.7 Å². The predicted octanol–water partition coefficient (Wildman–Crippen LogP) is 3.93. The minimum absolute atomic E-state index is 0.0344. The van der Waals surface area contributed by atoms with Crippen molar-refractivity contribution in [2.24, 2.45) is 0 Å². The van der Waals surface area contributed by atoms with E-state index in [4.69, 9.17) is 23.2 Å². The van der Waals surface area contributed by atoms with Crippen LogP contribution >= 0.6 is 23.2 Å². The zero-order chi connectivity index (χ0) is 12.9. The molecule has 0 atom stereocenters. The summed E-state index contributed by atoms with van der Waals surface area (Å²) in [6, 6.07) is 0. The van der Waals surface area contributed by atoms with E-state index in [0.717, 1.165) is 0 Å². The van der Waals surface area contributed by atoms with E-state index in [1.54, 1.807) is 0 Å². The van der Waals surface area contributed by atoms with Crippen molar-refractivity contribution < 1.29 is 13.2 Å². The molecule has 0 radical (unpaired) electrons. The molecule has 1 aromatic heterocycles. The lowest BCUT2D eigenvalue weighted by Crippen LogP contribution is -2.09. The van der Waals surface area contributed by atoms with Crippen molar-refractivity contribution in [2.75, 3.05) is 11.9 Å². The van der Waals surface area contributed by atoms with Gasteiger partial charge in [0.15, 0.2) is 0 Å². The first-order valence-electron chi connectivity index (χ1n) is 4.87. The van der Waals surface area contributed by atoms with Crippen LogP contribution in [0.5, 0.6) is 0 Å². The Labute approximate surface area is 106 Å². The van der Waals surface area contributed by atoms with Crippen LogP contribution in [0.25, 0.3) is 0 Å². The van der Waals surface area contributed by atoms with Crippen molar-refractivity contribution in [1.29, 1.82) is 0 Å². The van der Waals surface area contributed by atoms with E-state index in [1.165, 1.54) is 6.20 Å². The van der Waals surface area contributed by atoms with Gasteiger partial charge in [-0.15, -0.1) is 0 Å². The smallest absolute Gasteiger partial charge is 0.369 e. The van der Waals surface area contributed by atoms with Gasteiger partial charge in [-0.3, -0.25) is 0 Å². The van der Waals surface area contributed by atoms with Crippen molar-refractivity contribution in [3.63, 3.8) is 0 Å². The highest BCUT2D eigenvalue weighted by Crippen LogP contribution is 2.23. The Hall–Kier alpha value is -0.750. The second kappa shape index (κ2) is 6.26. The summed E-state index contributed by atoms with van der Waals surface area (Å²) in [5, 5.41) is 3.12. The first-order valence-corrected chi connectivity index (χ1v) is 5.63. The second-order valence-corrected chi connectivity index (χ2v) is 4.08. The van der Waals surface area contributed by atoms with E-state index in [1.807, 2.05) is 0 Å². The van der Waals surface area contributed by atoms with Gasteiger partial charge in [-0.2, -0.15) is 18.2 Å². The topological polar surface area (TPSA) is 37.8 Å². The number of nitrogens with one attached hydrogen (secondary N) is 1. The highest BCUT2D eigenvalue weighted by Gasteiger charge is 2.25. The fourth-order valence-electron chi connectivity index (χ4n) is 1.13. The van der Waals surface area contributed by atoms with Crippen molar-refractivity contribution in [2.45, 2.75) is 25.4 Å². The van der Waals surface area contributed by atoms with Gasteiger partial charge in [0.2, 0.25) is 5.28 Å². The molecule has 0 fully saturated rings. The summed E-state index contributed by atoms with van der Waals surface area (Å²) in [5.74, 6) is 0.332. The first-order chi connectivity index (χ1) is 7.88. The number of alkyl halides is 3. The van der Waals surface area contributed by atoms with Crippen LogP contribution in [0.3, 0.4) is 0 Å². The number of anilines is 1. The molecule has 96 valence electrons. The van der Waals surface area contributed by atoms with Gasteiger partial charge in [0, 0.05) is 13.0 Å². The third kappa shape index (κ3) is 5.93. The average Bonchev–Trinajstić information content (AvgIpc) is 2.21. The summed E-state index contributed by atoms with van der Waals surface area (Å²) in [7, 11) is 0. The third-order valence-electron chi connectivity index (χ3n) is 1.89. The van der Waals surface area contributed by atoms with Crippen molar-refractivity contribution in [3.05, 3.63) is 16.5 Å². The molecule has 1 rings (SSSR count). The molecule has 0 spiro atoms. The number of unbranched alkanes of at least 4 members (excludes halogenated alkanes) is 1. The van der Waals surface area contributed by atoms with Crippen molar-refractivity contribution in [1.82, 2.24) is 9.97 Å². The zero-order valence-electron chi connectivity index (χ0n) is 8.69.